The van der Waals surface area contributed by atoms with E-state index in [2.05, 4.69) is 15.0 Å². The van der Waals surface area contributed by atoms with Gasteiger partial charge in [-0.05, 0) is 38.3 Å². The minimum Gasteiger partial charge on any atom is -0.380 e. The highest BCUT2D eigenvalue weighted by Crippen LogP contribution is 2.27. The molecule has 9 heteroatoms. The van der Waals surface area contributed by atoms with Crippen LogP contribution in [0.5, 0.6) is 0 Å². The van der Waals surface area contributed by atoms with Crippen LogP contribution in [0.4, 0.5) is 0 Å². The number of fused-ring (bicyclic) bond motifs is 1. The number of aromatic nitrogens is 2. The number of methoxy groups -OCH3 is 1. The van der Waals surface area contributed by atoms with Crippen LogP contribution in [0.1, 0.15) is 31.9 Å². The van der Waals surface area contributed by atoms with Crippen LogP contribution in [0, 0.1) is 5.92 Å². The van der Waals surface area contributed by atoms with E-state index in [-0.39, 0.29) is 29.7 Å². The highest BCUT2D eigenvalue weighted by molar-refractivity contribution is 7.89. The van der Waals surface area contributed by atoms with Gasteiger partial charge in [-0.1, -0.05) is 6.07 Å². The van der Waals surface area contributed by atoms with Crippen LogP contribution in [-0.2, 0) is 26.1 Å². The van der Waals surface area contributed by atoms with Crippen molar-refractivity contribution in [3.63, 3.8) is 0 Å². The number of carbonyl (C=O) groups is 1. The largest absolute Gasteiger partial charge is 0.380 e. The summed E-state index contributed by atoms with van der Waals surface area (Å²) in [5.41, 5.74) is 1.75. The van der Waals surface area contributed by atoms with Gasteiger partial charge in [0.2, 0.25) is 15.9 Å². The molecule has 0 radical (unpaired) electrons. The van der Waals surface area contributed by atoms with Gasteiger partial charge in [0.15, 0.2) is 0 Å². The Hall–Kier alpha value is -1.97. The van der Waals surface area contributed by atoms with Crippen molar-refractivity contribution in [2.24, 2.45) is 5.92 Å². The van der Waals surface area contributed by atoms with E-state index >= 15 is 0 Å². The highest BCUT2D eigenvalue weighted by Gasteiger charge is 2.35. The molecule has 0 spiro atoms. The summed E-state index contributed by atoms with van der Waals surface area (Å²) in [7, 11) is -1.75. The van der Waals surface area contributed by atoms with Gasteiger partial charge in [0.25, 0.3) is 0 Å². The summed E-state index contributed by atoms with van der Waals surface area (Å²) in [6, 6.07) is 5.46. The van der Waals surface area contributed by atoms with Crippen LogP contribution in [0.25, 0.3) is 5.65 Å². The first-order valence-corrected chi connectivity index (χ1v) is 10.8. The maximum absolute atomic E-state index is 12.6. The van der Waals surface area contributed by atoms with Gasteiger partial charge in [0.1, 0.15) is 5.65 Å². The summed E-state index contributed by atoms with van der Waals surface area (Å²) >= 11 is 0. The predicted octanol–water partition coefficient (Wildman–Crippen LogP) is 1.07. The molecule has 2 aromatic rings. The first kappa shape index (κ1) is 19.8. The van der Waals surface area contributed by atoms with Crippen LogP contribution < -0.4 is 10.0 Å². The smallest absolute Gasteiger partial charge is 0.223 e. The van der Waals surface area contributed by atoms with E-state index in [1.54, 1.807) is 20.2 Å². The molecule has 1 fully saturated rings. The van der Waals surface area contributed by atoms with E-state index in [1.807, 2.05) is 28.8 Å². The molecule has 0 unspecified atom stereocenters. The minimum atomic E-state index is -3.30. The summed E-state index contributed by atoms with van der Waals surface area (Å²) in [4.78, 5) is 16.9. The Balaban J connectivity index is 1.58. The fraction of sp³-hybridized carbons (Fsp3) is 0.556. The maximum atomic E-state index is 12.6. The lowest BCUT2D eigenvalue weighted by atomic mass is 9.83. The third-order valence-corrected chi connectivity index (χ3v) is 6.54. The summed E-state index contributed by atoms with van der Waals surface area (Å²) < 4.78 is 33.7. The Morgan fingerprint density at radius 3 is 2.93 bits per heavy atom. The van der Waals surface area contributed by atoms with Crippen LogP contribution in [0.15, 0.2) is 30.6 Å². The summed E-state index contributed by atoms with van der Waals surface area (Å²) in [6.45, 7) is 1.99. The monoisotopic (exact) mass is 394 g/mol. The second kappa shape index (κ2) is 8.37. The van der Waals surface area contributed by atoms with Gasteiger partial charge in [0.05, 0.1) is 30.3 Å². The number of hydrogen-bond acceptors (Lipinski definition) is 5. The number of carbonyl (C=O) groups excluding carboxylic acids is 1. The minimum absolute atomic E-state index is 0.0309. The zero-order chi connectivity index (χ0) is 19.4. The number of hydrogen-bond donors (Lipinski definition) is 2. The summed E-state index contributed by atoms with van der Waals surface area (Å²) in [5, 5.41) is 2.97. The van der Waals surface area contributed by atoms with Gasteiger partial charge in [-0.3, -0.25) is 4.79 Å². The van der Waals surface area contributed by atoms with E-state index in [0.29, 0.717) is 25.8 Å². The SMILES string of the molecule is CCS(=O)(=O)N[C@@H]1CC[C@H](C(=O)NCc2cnc3ccccn23)C[C@H]1OC. The topological polar surface area (TPSA) is 102 Å². The molecule has 148 valence electrons. The van der Waals surface area contributed by atoms with Crippen molar-refractivity contribution < 1.29 is 17.9 Å². The standard InChI is InChI=1S/C18H26N4O4S/c1-3-27(24,25)21-15-8-7-13(10-16(15)26-2)18(23)20-12-14-11-19-17-6-4-5-9-22(14)17/h4-6,9,11,13,15-16,21H,3,7-8,10,12H2,1-2H3,(H,20,23)/t13-,15+,16+/m0/s1. The van der Waals surface area contributed by atoms with Crippen molar-refractivity contribution in [1.82, 2.24) is 19.4 Å². The Bertz CT molecular complexity index is 896. The molecule has 3 rings (SSSR count). The fourth-order valence-electron chi connectivity index (χ4n) is 3.51. The van der Waals surface area contributed by atoms with Crippen LogP contribution in [0.2, 0.25) is 0 Å². The van der Waals surface area contributed by atoms with Gasteiger partial charge >= 0.3 is 0 Å². The molecular weight excluding hydrogens is 368 g/mol. The molecule has 8 nitrogen and oxygen atoms in total. The van der Waals surface area contributed by atoms with E-state index in [0.717, 1.165) is 11.3 Å². The Morgan fingerprint density at radius 2 is 2.19 bits per heavy atom. The van der Waals surface area contributed by atoms with E-state index in [9.17, 15) is 13.2 Å². The number of amides is 1. The molecule has 0 bridgehead atoms. The maximum Gasteiger partial charge on any atom is 0.223 e. The molecule has 0 saturated heterocycles. The number of nitrogens with one attached hydrogen (secondary N) is 2. The number of imidazole rings is 1. The van der Waals surface area contributed by atoms with Gasteiger partial charge < -0.3 is 14.5 Å². The average Bonchev–Trinajstić information content (AvgIpc) is 3.09. The Labute approximate surface area is 159 Å². The fourth-order valence-corrected chi connectivity index (χ4v) is 4.41. The van der Waals surface area contributed by atoms with Crippen molar-refractivity contribution in [1.29, 1.82) is 0 Å². The zero-order valence-corrected chi connectivity index (χ0v) is 16.4. The second-order valence-corrected chi connectivity index (χ2v) is 8.85. The van der Waals surface area contributed by atoms with Gasteiger partial charge in [-0.25, -0.2) is 18.1 Å². The van der Waals surface area contributed by atoms with Crippen LogP contribution >= 0.6 is 0 Å². The molecule has 3 atom stereocenters. The molecule has 0 aliphatic heterocycles. The third kappa shape index (κ3) is 4.66. The predicted molar refractivity (Wildman–Crippen MR) is 102 cm³/mol. The summed E-state index contributed by atoms with van der Waals surface area (Å²) in [5.74, 6) is -0.209. The lowest BCUT2D eigenvalue weighted by molar-refractivity contribution is -0.128. The van der Waals surface area contributed by atoms with Crippen molar-refractivity contribution in [3.8, 4) is 0 Å². The highest BCUT2D eigenvalue weighted by atomic mass is 32.2. The van der Waals surface area contributed by atoms with E-state index in [4.69, 9.17) is 4.74 Å². The molecule has 1 aliphatic rings. The average molecular weight is 394 g/mol. The van der Waals surface area contributed by atoms with Crippen molar-refractivity contribution >= 4 is 21.6 Å². The van der Waals surface area contributed by atoms with Crippen LogP contribution in [0.3, 0.4) is 0 Å². The zero-order valence-electron chi connectivity index (χ0n) is 15.6. The molecule has 1 amide bonds. The molecule has 2 aromatic heterocycles. The van der Waals surface area contributed by atoms with E-state index < -0.39 is 10.0 Å². The second-order valence-electron chi connectivity index (χ2n) is 6.81. The van der Waals surface area contributed by atoms with E-state index in [1.165, 1.54) is 0 Å². The van der Waals surface area contributed by atoms with Crippen molar-refractivity contribution in [3.05, 3.63) is 36.3 Å². The first-order valence-electron chi connectivity index (χ1n) is 9.15. The van der Waals surface area contributed by atoms with Crippen molar-refractivity contribution in [2.75, 3.05) is 12.9 Å². The van der Waals surface area contributed by atoms with Gasteiger partial charge in [-0.2, -0.15) is 0 Å². The molecule has 0 aromatic carbocycles. The molecule has 2 N–H and O–H groups in total. The van der Waals surface area contributed by atoms with Crippen LogP contribution in [-0.4, -0.2) is 48.7 Å². The Kier molecular flexibility index (Phi) is 6.13. The molecule has 1 saturated carbocycles. The molecule has 2 heterocycles. The molecular formula is C18H26N4O4S. The third-order valence-electron chi connectivity index (χ3n) is 5.11. The lowest BCUT2D eigenvalue weighted by Crippen LogP contribution is -2.50. The lowest BCUT2D eigenvalue weighted by Gasteiger charge is -2.34. The molecule has 1 aliphatic carbocycles. The number of ether oxygens (including phenoxy) is 1. The summed E-state index contributed by atoms with van der Waals surface area (Å²) in [6.07, 6.45) is 5.04. The quantitative estimate of drug-likeness (QED) is 0.732. The number of pyridine rings is 1. The number of sulfonamides is 1. The van der Waals surface area contributed by atoms with Gasteiger partial charge in [-0.15, -0.1) is 0 Å². The normalized spacial score (nSPS) is 23.4. The number of rotatable bonds is 7. The van der Waals surface area contributed by atoms with Gasteiger partial charge in [0, 0.05) is 25.3 Å². The Morgan fingerprint density at radius 1 is 1.37 bits per heavy atom. The molecule has 27 heavy (non-hydrogen) atoms. The first-order chi connectivity index (χ1) is 12.9. The number of nitrogens with zero attached hydrogens (tertiary/aromatic N) is 2. The van der Waals surface area contributed by atoms with Crippen molar-refractivity contribution in [2.45, 2.75) is 44.9 Å².